The van der Waals surface area contributed by atoms with Crippen molar-refractivity contribution in [2.75, 3.05) is 26.7 Å². The lowest BCUT2D eigenvalue weighted by Crippen LogP contribution is -2.34. The topological polar surface area (TPSA) is 79.0 Å². The fraction of sp³-hybridized carbons (Fsp3) is 0.500. The van der Waals surface area contributed by atoms with Crippen molar-refractivity contribution in [2.24, 2.45) is 0 Å². The molecular weight excluding hydrogens is 322 g/mol. The molecule has 7 nitrogen and oxygen atoms in total. The molecule has 0 unspecified atom stereocenters. The zero-order valence-electron chi connectivity index (χ0n) is 14.4. The molecular formula is C18H23N3O4. The third-order valence-corrected chi connectivity index (χ3v) is 4.78. The van der Waals surface area contributed by atoms with Gasteiger partial charge in [0.15, 0.2) is 0 Å². The number of methoxy groups -OCH3 is 1. The van der Waals surface area contributed by atoms with Crippen LogP contribution in [0.25, 0.3) is 0 Å². The van der Waals surface area contributed by atoms with Crippen molar-refractivity contribution in [1.29, 1.82) is 0 Å². The second-order valence-electron chi connectivity index (χ2n) is 6.33. The van der Waals surface area contributed by atoms with Gasteiger partial charge in [-0.3, -0.25) is 14.5 Å². The van der Waals surface area contributed by atoms with Crippen LogP contribution >= 0.6 is 0 Å². The van der Waals surface area contributed by atoms with Crippen LogP contribution in [0.5, 0.6) is 5.75 Å². The Morgan fingerprint density at radius 3 is 2.68 bits per heavy atom. The van der Waals surface area contributed by atoms with Crippen LogP contribution < -0.4 is 10.1 Å². The van der Waals surface area contributed by atoms with Crippen LogP contribution in [0.1, 0.15) is 37.3 Å². The van der Waals surface area contributed by atoms with Gasteiger partial charge in [0.25, 0.3) is 0 Å². The van der Waals surface area contributed by atoms with Crippen molar-refractivity contribution in [2.45, 2.75) is 31.7 Å². The first kappa shape index (κ1) is 17.3. The number of ether oxygens (including phenoxy) is 1. The molecule has 3 rings (SSSR count). The Morgan fingerprint density at radius 2 is 2.04 bits per heavy atom. The van der Waals surface area contributed by atoms with E-state index in [1.165, 1.54) is 4.90 Å². The van der Waals surface area contributed by atoms with Crippen LogP contribution in [0.3, 0.4) is 0 Å². The molecule has 1 aromatic rings. The van der Waals surface area contributed by atoms with Crippen LogP contribution in [0.4, 0.5) is 4.79 Å². The third-order valence-electron chi connectivity index (χ3n) is 4.78. The first-order valence-electron chi connectivity index (χ1n) is 8.62. The quantitative estimate of drug-likeness (QED) is 0.796. The summed E-state index contributed by atoms with van der Waals surface area (Å²) in [6.45, 7) is 1.09. The molecule has 2 heterocycles. The molecule has 7 heteroatoms. The molecule has 4 amide bonds. The lowest BCUT2D eigenvalue weighted by atomic mass is 10.0. The van der Waals surface area contributed by atoms with Gasteiger partial charge in [-0.2, -0.15) is 0 Å². The van der Waals surface area contributed by atoms with Gasteiger partial charge in [0.1, 0.15) is 5.75 Å². The summed E-state index contributed by atoms with van der Waals surface area (Å²) in [6.07, 6.45) is 2.76. The van der Waals surface area contributed by atoms with Crippen molar-refractivity contribution < 1.29 is 19.1 Å². The molecule has 2 saturated heterocycles. The number of carbonyl (C=O) groups is 3. The minimum Gasteiger partial charge on any atom is -0.497 e. The highest BCUT2D eigenvalue weighted by Crippen LogP contribution is 2.33. The number of likely N-dealkylation sites (tertiary alicyclic amines) is 1. The van der Waals surface area contributed by atoms with Crippen LogP contribution in [0.2, 0.25) is 0 Å². The van der Waals surface area contributed by atoms with E-state index in [1.54, 1.807) is 7.11 Å². The molecule has 0 saturated carbocycles. The largest absolute Gasteiger partial charge is 0.497 e. The molecule has 2 aliphatic heterocycles. The highest BCUT2D eigenvalue weighted by Gasteiger charge is 2.31. The number of nitrogens with zero attached hydrogens (tertiary/aromatic N) is 2. The summed E-state index contributed by atoms with van der Waals surface area (Å²) in [5, 5.41) is 2.48. The summed E-state index contributed by atoms with van der Waals surface area (Å²) < 4.78 is 5.18. The van der Waals surface area contributed by atoms with Gasteiger partial charge >= 0.3 is 6.03 Å². The van der Waals surface area contributed by atoms with Gasteiger partial charge in [0.2, 0.25) is 11.8 Å². The zero-order valence-corrected chi connectivity index (χ0v) is 14.4. The predicted molar refractivity (Wildman–Crippen MR) is 91.0 cm³/mol. The first-order valence-corrected chi connectivity index (χ1v) is 8.62. The van der Waals surface area contributed by atoms with Gasteiger partial charge in [-0.1, -0.05) is 12.1 Å². The smallest absolute Gasteiger partial charge is 0.324 e. The van der Waals surface area contributed by atoms with Crippen LogP contribution in [-0.2, 0) is 9.59 Å². The molecule has 134 valence electrons. The van der Waals surface area contributed by atoms with E-state index in [4.69, 9.17) is 4.74 Å². The van der Waals surface area contributed by atoms with E-state index < -0.39 is 0 Å². The standard InChI is InChI=1S/C18H23N3O4/c1-25-14-8-6-13(7-9-14)15-4-2-10-20(15)16(22)5-3-11-21-17(23)12-19-18(21)24/h6-9,15H,2-5,10-12H2,1H3,(H,19,24)/t15-/m0/s1. The van der Waals surface area contributed by atoms with Crippen LogP contribution in [-0.4, -0.2) is 54.4 Å². The summed E-state index contributed by atoms with van der Waals surface area (Å²) in [5.74, 6) is 0.647. The van der Waals surface area contributed by atoms with E-state index in [9.17, 15) is 14.4 Å². The van der Waals surface area contributed by atoms with Gasteiger partial charge in [-0.05, 0) is 37.0 Å². The normalized spacial score (nSPS) is 20.1. The Bertz CT molecular complexity index is 643. The number of nitrogens with one attached hydrogen (secondary N) is 1. The maximum atomic E-state index is 12.6. The minimum absolute atomic E-state index is 0.0540. The molecule has 2 fully saturated rings. The summed E-state index contributed by atoms with van der Waals surface area (Å²) in [4.78, 5) is 38.7. The first-order chi connectivity index (χ1) is 12.1. The Kier molecular flexibility index (Phi) is 5.21. The lowest BCUT2D eigenvalue weighted by Gasteiger charge is -2.25. The average Bonchev–Trinajstić information content (AvgIpc) is 3.23. The average molecular weight is 345 g/mol. The molecule has 0 aliphatic carbocycles. The highest BCUT2D eigenvalue weighted by molar-refractivity contribution is 6.01. The van der Waals surface area contributed by atoms with Crippen LogP contribution in [0, 0.1) is 0 Å². The van der Waals surface area contributed by atoms with Gasteiger partial charge in [0.05, 0.1) is 19.7 Å². The fourth-order valence-corrected chi connectivity index (χ4v) is 3.45. The number of imide groups is 1. The molecule has 1 N–H and O–H groups in total. The number of benzene rings is 1. The van der Waals surface area contributed by atoms with Crippen molar-refractivity contribution in [3.8, 4) is 5.75 Å². The Hall–Kier alpha value is -2.57. The van der Waals surface area contributed by atoms with Gasteiger partial charge in [-0.15, -0.1) is 0 Å². The number of hydrogen-bond acceptors (Lipinski definition) is 4. The Balaban J connectivity index is 1.55. The second kappa shape index (κ2) is 7.55. The van der Waals surface area contributed by atoms with E-state index in [2.05, 4.69) is 5.32 Å². The van der Waals surface area contributed by atoms with Gasteiger partial charge in [0, 0.05) is 19.5 Å². The van der Waals surface area contributed by atoms with E-state index in [0.29, 0.717) is 12.8 Å². The number of carbonyl (C=O) groups excluding carboxylic acids is 3. The maximum Gasteiger partial charge on any atom is 0.324 e. The summed E-state index contributed by atoms with van der Waals surface area (Å²) >= 11 is 0. The van der Waals surface area contributed by atoms with Crippen molar-refractivity contribution >= 4 is 17.8 Å². The van der Waals surface area contributed by atoms with Gasteiger partial charge in [-0.25, -0.2) is 4.79 Å². The number of rotatable bonds is 6. The Labute approximate surface area is 146 Å². The molecule has 1 atom stereocenters. The molecule has 0 spiro atoms. The monoisotopic (exact) mass is 345 g/mol. The minimum atomic E-state index is -0.366. The van der Waals surface area contributed by atoms with E-state index in [-0.39, 0.29) is 37.0 Å². The van der Waals surface area contributed by atoms with Crippen molar-refractivity contribution in [3.63, 3.8) is 0 Å². The second-order valence-corrected chi connectivity index (χ2v) is 6.33. The predicted octanol–water partition coefficient (Wildman–Crippen LogP) is 1.69. The van der Waals surface area contributed by atoms with Crippen molar-refractivity contribution in [3.05, 3.63) is 29.8 Å². The van der Waals surface area contributed by atoms with Gasteiger partial charge < -0.3 is 15.0 Å². The number of hydrogen-bond donors (Lipinski definition) is 1. The fourth-order valence-electron chi connectivity index (χ4n) is 3.45. The molecule has 0 aromatic heterocycles. The maximum absolute atomic E-state index is 12.6. The SMILES string of the molecule is COc1ccc([C@@H]2CCCN2C(=O)CCCN2C(=O)CNC2=O)cc1. The molecule has 0 bridgehead atoms. The zero-order chi connectivity index (χ0) is 17.8. The summed E-state index contributed by atoms with van der Waals surface area (Å²) in [6, 6.07) is 7.55. The van der Waals surface area contributed by atoms with E-state index >= 15 is 0 Å². The van der Waals surface area contributed by atoms with Crippen LogP contribution in [0.15, 0.2) is 24.3 Å². The molecule has 1 aromatic carbocycles. The molecule has 25 heavy (non-hydrogen) atoms. The van der Waals surface area contributed by atoms with Crippen molar-refractivity contribution in [1.82, 2.24) is 15.1 Å². The number of urea groups is 1. The number of amides is 4. The summed E-state index contributed by atoms with van der Waals surface area (Å²) in [7, 11) is 1.63. The third kappa shape index (κ3) is 3.75. The molecule has 2 aliphatic rings. The highest BCUT2D eigenvalue weighted by atomic mass is 16.5. The lowest BCUT2D eigenvalue weighted by molar-refractivity contribution is -0.133. The summed E-state index contributed by atoms with van der Waals surface area (Å²) in [5.41, 5.74) is 1.11. The molecule has 0 radical (unpaired) electrons. The van der Waals surface area contributed by atoms with E-state index in [1.807, 2.05) is 29.2 Å². The van der Waals surface area contributed by atoms with E-state index in [0.717, 1.165) is 30.7 Å². The Morgan fingerprint density at radius 1 is 1.28 bits per heavy atom.